The van der Waals surface area contributed by atoms with Crippen molar-refractivity contribution in [3.63, 3.8) is 0 Å². The van der Waals surface area contributed by atoms with Crippen LogP contribution in [0, 0.1) is 0 Å². The Kier molecular flexibility index (Phi) is 4.34. The number of rotatable bonds is 3. The first-order valence-corrected chi connectivity index (χ1v) is 8.65. The zero-order valence-corrected chi connectivity index (χ0v) is 14.5. The number of ether oxygens (including phenoxy) is 1. The normalized spacial score (nSPS) is 19.7. The molecule has 8 nitrogen and oxygen atoms in total. The van der Waals surface area contributed by atoms with Crippen molar-refractivity contribution in [2.75, 3.05) is 26.7 Å². The van der Waals surface area contributed by atoms with E-state index in [9.17, 15) is 9.59 Å². The summed E-state index contributed by atoms with van der Waals surface area (Å²) < 4.78 is 5.18. The molecular weight excluding hydrogens is 334 g/mol. The highest BCUT2D eigenvalue weighted by atomic mass is 16.5. The van der Waals surface area contributed by atoms with E-state index in [1.54, 1.807) is 12.0 Å². The fourth-order valence-corrected chi connectivity index (χ4v) is 3.36. The van der Waals surface area contributed by atoms with Gasteiger partial charge in [0.05, 0.1) is 31.6 Å². The second kappa shape index (κ2) is 6.80. The van der Waals surface area contributed by atoms with Gasteiger partial charge in [-0.1, -0.05) is 0 Å². The van der Waals surface area contributed by atoms with Crippen LogP contribution in [0.3, 0.4) is 0 Å². The Morgan fingerprint density at radius 1 is 1.31 bits per heavy atom. The van der Waals surface area contributed by atoms with Gasteiger partial charge in [-0.05, 0) is 24.3 Å². The van der Waals surface area contributed by atoms with E-state index < -0.39 is 6.04 Å². The van der Waals surface area contributed by atoms with Gasteiger partial charge < -0.3 is 25.3 Å². The number of methoxy groups -OCH3 is 1. The maximum atomic E-state index is 12.7. The largest absolute Gasteiger partial charge is 0.497 e. The Morgan fingerprint density at radius 2 is 2.12 bits per heavy atom. The van der Waals surface area contributed by atoms with Crippen LogP contribution in [0.2, 0.25) is 0 Å². The predicted octanol–water partition coefficient (Wildman–Crippen LogP) is 0.0580. The Morgan fingerprint density at radius 3 is 2.85 bits per heavy atom. The van der Waals surface area contributed by atoms with Crippen molar-refractivity contribution in [1.82, 2.24) is 25.5 Å². The summed E-state index contributed by atoms with van der Waals surface area (Å²) in [5, 5.41) is 5.72. The van der Waals surface area contributed by atoms with Crippen LogP contribution in [0.5, 0.6) is 5.75 Å². The molecule has 4 rings (SSSR count). The van der Waals surface area contributed by atoms with Crippen molar-refractivity contribution < 1.29 is 14.3 Å². The van der Waals surface area contributed by atoms with Crippen molar-refractivity contribution in [2.24, 2.45) is 0 Å². The van der Waals surface area contributed by atoms with E-state index in [0.29, 0.717) is 26.1 Å². The molecule has 2 aliphatic rings. The van der Waals surface area contributed by atoms with Crippen molar-refractivity contribution >= 4 is 11.8 Å². The van der Waals surface area contributed by atoms with E-state index in [1.165, 1.54) is 0 Å². The van der Waals surface area contributed by atoms with E-state index in [2.05, 4.69) is 20.6 Å². The van der Waals surface area contributed by atoms with Crippen LogP contribution in [0.25, 0.3) is 11.4 Å². The number of aromatic amines is 1. The molecular formula is C18H21N5O3. The van der Waals surface area contributed by atoms with Crippen LogP contribution in [-0.2, 0) is 22.6 Å². The number of nitrogens with one attached hydrogen (secondary N) is 3. The first kappa shape index (κ1) is 16.6. The van der Waals surface area contributed by atoms with Crippen LogP contribution in [0.1, 0.15) is 11.4 Å². The van der Waals surface area contributed by atoms with Crippen LogP contribution in [0.4, 0.5) is 0 Å². The average Bonchev–Trinajstić information content (AvgIpc) is 3.10. The van der Waals surface area contributed by atoms with Gasteiger partial charge in [0.15, 0.2) is 0 Å². The SMILES string of the molecule is COc1ccc(-c2nc3c([nH]2)CN(C(=O)[C@@H]2CNCC(=O)N2)CC3)cc1. The van der Waals surface area contributed by atoms with Gasteiger partial charge in [0.2, 0.25) is 11.8 Å². The second-order valence-electron chi connectivity index (χ2n) is 6.50. The Hall–Kier alpha value is -2.87. The lowest BCUT2D eigenvalue weighted by molar-refractivity contribution is -0.138. The molecule has 0 aliphatic carbocycles. The van der Waals surface area contributed by atoms with E-state index >= 15 is 0 Å². The van der Waals surface area contributed by atoms with Gasteiger partial charge >= 0.3 is 0 Å². The number of hydrogen-bond acceptors (Lipinski definition) is 5. The van der Waals surface area contributed by atoms with Gasteiger partial charge in [-0.15, -0.1) is 0 Å². The average molecular weight is 355 g/mol. The molecule has 26 heavy (non-hydrogen) atoms. The number of benzene rings is 1. The fourth-order valence-electron chi connectivity index (χ4n) is 3.36. The van der Waals surface area contributed by atoms with Crippen molar-refractivity contribution in [3.05, 3.63) is 35.7 Å². The molecule has 2 amide bonds. The maximum absolute atomic E-state index is 12.7. The lowest BCUT2D eigenvalue weighted by atomic mass is 10.1. The summed E-state index contributed by atoms with van der Waals surface area (Å²) in [5.41, 5.74) is 2.91. The minimum absolute atomic E-state index is 0.0585. The number of nitrogens with zero attached hydrogens (tertiary/aromatic N) is 2. The predicted molar refractivity (Wildman–Crippen MR) is 94.5 cm³/mol. The van der Waals surface area contributed by atoms with E-state index in [1.807, 2.05) is 24.3 Å². The number of carbonyl (C=O) groups excluding carboxylic acids is 2. The minimum Gasteiger partial charge on any atom is -0.497 e. The molecule has 1 aromatic carbocycles. The van der Waals surface area contributed by atoms with Crippen LogP contribution in [-0.4, -0.2) is 59.5 Å². The van der Waals surface area contributed by atoms with Gasteiger partial charge in [0, 0.05) is 25.1 Å². The summed E-state index contributed by atoms with van der Waals surface area (Å²) in [7, 11) is 1.64. The monoisotopic (exact) mass is 355 g/mol. The Bertz CT molecular complexity index is 830. The Labute approximate surface area is 150 Å². The first-order valence-electron chi connectivity index (χ1n) is 8.65. The number of amides is 2. The molecule has 1 atom stereocenters. The van der Waals surface area contributed by atoms with Crippen LogP contribution in [0.15, 0.2) is 24.3 Å². The summed E-state index contributed by atoms with van der Waals surface area (Å²) in [6.45, 7) is 1.81. The van der Waals surface area contributed by atoms with Gasteiger partial charge in [-0.2, -0.15) is 0 Å². The summed E-state index contributed by atoms with van der Waals surface area (Å²) in [4.78, 5) is 34.0. The molecule has 0 unspecified atom stereocenters. The standard InChI is InChI=1S/C18H21N5O3/c1-26-12-4-2-11(3-5-12)17-21-13-6-7-23(10-15(13)22-17)18(25)14-8-19-9-16(24)20-14/h2-5,14,19H,6-10H2,1H3,(H,20,24)(H,21,22)/t14-/m0/s1. The zero-order chi connectivity index (χ0) is 18.1. The zero-order valence-electron chi connectivity index (χ0n) is 14.5. The first-order chi connectivity index (χ1) is 12.6. The molecule has 0 saturated carbocycles. The molecule has 1 aromatic heterocycles. The van der Waals surface area contributed by atoms with E-state index in [0.717, 1.165) is 28.5 Å². The Balaban J connectivity index is 1.49. The molecule has 1 saturated heterocycles. The molecule has 136 valence electrons. The lowest BCUT2D eigenvalue weighted by Crippen LogP contribution is -2.59. The lowest BCUT2D eigenvalue weighted by Gasteiger charge is -2.32. The third kappa shape index (κ3) is 3.15. The van der Waals surface area contributed by atoms with Gasteiger partial charge in [-0.3, -0.25) is 9.59 Å². The maximum Gasteiger partial charge on any atom is 0.246 e. The minimum atomic E-state index is -0.498. The molecule has 2 aromatic rings. The van der Waals surface area contributed by atoms with Gasteiger partial charge in [0.1, 0.15) is 17.6 Å². The van der Waals surface area contributed by atoms with Crippen LogP contribution < -0.4 is 15.4 Å². The summed E-state index contributed by atoms with van der Waals surface area (Å²) in [6, 6.07) is 7.20. The third-order valence-electron chi connectivity index (χ3n) is 4.77. The second-order valence-corrected chi connectivity index (χ2v) is 6.50. The fraction of sp³-hybridized carbons (Fsp3) is 0.389. The number of carbonyl (C=O) groups is 2. The molecule has 0 radical (unpaired) electrons. The smallest absolute Gasteiger partial charge is 0.246 e. The van der Waals surface area contributed by atoms with Gasteiger partial charge in [0.25, 0.3) is 0 Å². The van der Waals surface area contributed by atoms with Gasteiger partial charge in [-0.25, -0.2) is 4.98 Å². The number of imidazole rings is 1. The van der Waals surface area contributed by atoms with Crippen molar-refractivity contribution in [3.8, 4) is 17.1 Å². The topological polar surface area (TPSA) is 99.3 Å². The molecule has 0 bridgehead atoms. The summed E-state index contributed by atoms with van der Waals surface area (Å²) in [6.07, 6.45) is 0.696. The highest BCUT2D eigenvalue weighted by Crippen LogP contribution is 2.24. The van der Waals surface area contributed by atoms with E-state index in [-0.39, 0.29) is 18.4 Å². The summed E-state index contributed by atoms with van der Waals surface area (Å²) >= 11 is 0. The third-order valence-corrected chi connectivity index (χ3v) is 4.77. The van der Waals surface area contributed by atoms with Crippen molar-refractivity contribution in [2.45, 2.75) is 19.0 Å². The number of hydrogen-bond donors (Lipinski definition) is 3. The summed E-state index contributed by atoms with van der Waals surface area (Å²) in [5.74, 6) is 1.39. The quantitative estimate of drug-likeness (QED) is 0.723. The van der Waals surface area contributed by atoms with E-state index in [4.69, 9.17) is 4.74 Å². The molecule has 8 heteroatoms. The van der Waals surface area contributed by atoms with Crippen molar-refractivity contribution in [1.29, 1.82) is 0 Å². The molecule has 3 N–H and O–H groups in total. The van der Waals surface area contributed by atoms with Crippen LogP contribution >= 0.6 is 0 Å². The number of piperazine rings is 1. The molecule has 0 spiro atoms. The highest BCUT2D eigenvalue weighted by molar-refractivity contribution is 5.89. The molecule has 2 aliphatic heterocycles. The number of H-pyrrole nitrogens is 1. The number of aromatic nitrogens is 2. The molecule has 3 heterocycles. The highest BCUT2D eigenvalue weighted by Gasteiger charge is 2.31. The molecule has 1 fully saturated rings. The number of fused-ring (bicyclic) bond motifs is 1.